The van der Waals surface area contributed by atoms with Gasteiger partial charge in [0.15, 0.2) is 6.29 Å². The standard InChI is InChI=1S/C14H18O2/c1-2-6-12-7-5-8-13(11-12)16-14-9-3-4-10-15-14/h2,5,7-8,11,14H,1,3-4,6,9-10H2/t14-/m1/s1. The van der Waals surface area contributed by atoms with Crippen molar-refractivity contribution in [3.63, 3.8) is 0 Å². The molecule has 1 aliphatic heterocycles. The van der Waals surface area contributed by atoms with Crippen molar-refractivity contribution < 1.29 is 9.47 Å². The summed E-state index contributed by atoms with van der Waals surface area (Å²) in [5.74, 6) is 0.895. The van der Waals surface area contributed by atoms with Crippen LogP contribution in [-0.2, 0) is 11.2 Å². The van der Waals surface area contributed by atoms with Crippen LogP contribution in [0.1, 0.15) is 24.8 Å². The fraction of sp³-hybridized carbons (Fsp3) is 0.429. The van der Waals surface area contributed by atoms with E-state index in [1.807, 2.05) is 18.2 Å². The van der Waals surface area contributed by atoms with E-state index in [4.69, 9.17) is 9.47 Å². The molecule has 0 amide bonds. The van der Waals surface area contributed by atoms with Gasteiger partial charge in [-0.3, -0.25) is 0 Å². The molecule has 1 saturated heterocycles. The van der Waals surface area contributed by atoms with Crippen LogP contribution in [0.2, 0.25) is 0 Å². The van der Waals surface area contributed by atoms with Crippen LogP contribution < -0.4 is 4.74 Å². The van der Waals surface area contributed by atoms with Gasteiger partial charge in [0, 0.05) is 6.42 Å². The van der Waals surface area contributed by atoms with Gasteiger partial charge in [0.1, 0.15) is 5.75 Å². The largest absolute Gasteiger partial charge is 0.465 e. The second-order valence-corrected chi connectivity index (χ2v) is 4.05. The zero-order chi connectivity index (χ0) is 11.2. The molecule has 1 fully saturated rings. The average molecular weight is 218 g/mol. The molecule has 1 aromatic rings. The summed E-state index contributed by atoms with van der Waals surface area (Å²) < 4.78 is 11.3. The van der Waals surface area contributed by atoms with E-state index in [1.165, 1.54) is 12.0 Å². The van der Waals surface area contributed by atoms with Crippen LogP contribution in [0.4, 0.5) is 0 Å². The third-order valence-corrected chi connectivity index (χ3v) is 2.68. The topological polar surface area (TPSA) is 18.5 Å². The maximum Gasteiger partial charge on any atom is 0.199 e. The molecule has 1 aromatic carbocycles. The third-order valence-electron chi connectivity index (χ3n) is 2.68. The molecule has 0 spiro atoms. The molecule has 0 aromatic heterocycles. The Hall–Kier alpha value is -1.28. The number of hydrogen-bond acceptors (Lipinski definition) is 2. The highest BCUT2D eigenvalue weighted by Crippen LogP contribution is 2.20. The lowest BCUT2D eigenvalue weighted by atomic mass is 10.1. The van der Waals surface area contributed by atoms with Gasteiger partial charge in [-0.05, 0) is 37.0 Å². The fourth-order valence-corrected chi connectivity index (χ4v) is 1.87. The summed E-state index contributed by atoms with van der Waals surface area (Å²) in [7, 11) is 0. The van der Waals surface area contributed by atoms with Gasteiger partial charge in [-0.1, -0.05) is 18.2 Å². The Bertz CT molecular complexity index is 340. The summed E-state index contributed by atoms with van der Waals surface area (Å²) in [5, 5.41) is 0. The van der Waals surface area contributed by atoms with Crippen LogP contribution in [0.3, 0.4) is 0 Å². The normalized spacial score (nSPS) is 20.4. The van der Waals surface area contributed by atoms with E-state index in [0.717, 1.165) is 31.6 Å². The molecule has 1 aliphatic rings. The number of rotatable bonds is 4. The SMILES string of the molecule is C=CCc1cccc(O[C@@H]2CCCCO2)c1. The lowest BCUT2D eigenvalue weighted by Gasteiger charge is -2.23. The molecule has 86 valence electrons. The zero-order valence-corrected chi connectivity index (χ0v) is 9.52. The highest BCUT2D eigenvalue weighted by Gasteiger charge is 2.14. The van der Waals surface area contributed by atoms with Gasteiger partial charge in [0.05, 0.1) is 6.61 Å². The maximum absolute atomic E-state index is 5.79. The quantitative estimate of drug-likeness (QED) is 0.722. The lowest BCUT2D eigenvalue weighted by Crippen LogP contribution is -2.24. The molecule has 0 saturated carbocycles. The van der Waals surface area contributed by atoms with Crippen molar-refractivity contribution in [2.24, 2.45) is 0 Å². The summed E-state index contributed by atoms with van der Waals surface area (Å²) >= 11 is 0. The summed E-state index contributed by atoms with van der Waals surface area (Å²) in [6.45, 7) is 4.55. The van der Waals surface area contributed by atoms with Crippen LogP contribution in [-0.4, -0.2) is 12.9 Å². The minimum absolute atomic E-state index is 0.0623. The van der Waals surface area contributed by atoms with Crippen molar-refractivity contribution in [3.8, 4) is 5.75 Å². The van der Waals surface area contributed by atoms with Crippen LogP contribution >= 0.6 is 0 Å². The Kier molecular flexibility index (Phi) is 4.00. The molecule has 1 atom stereocenters. The van der Waals surface area contributed by atoms with E-state index in [0.29, 0.717) is 0 Å². The molecule has 16 heavy (non-hydrogen) atoms. The molecule has 1 heterocycles. The van der Waals surface area contributed by atoms with Gasteiger partial charge in [0.25, 0.3) is 0 Å². The highest BCUT2D eigenvalue weighted by molar-refractivity contribution is 5.29. The summed E-state index contributed by atoms with van der Waals surface area (Å²) in [6, 6.07) is 8.12. The van der Waals surface area contributed by atoms with E-state index in [9.17, 15) is 0 Å². The Balaban J connectivity index is 1.97. The van der Waals surface area contributed by atoms with Crippen LogP contribution in [0, 0.1) is 0 Å². The Labute approximate surface area is 96.9 Å². The third kappa shape index (κ3) is 3.11. The Morgan fingerprint density at radius 1 is 1.44 bits per heavy atom. The number of ether oxygens (including phenoxy) is 2. The van der Waals surface area contributed by atoms with Crippen LogP contribution in [0.15, 0.2) is 36.9 Å². The molecule has 0 unspecified atom stereocenters. The first kappa shape index (κ1) is 11.2. The van der Waals surface area contributed by atoms with Crippen molar-refractivity contribution >= 4 is 0 Å². The van der Waals surface area contributed by atoms with Gasteiger partial charge in [0.2, 0.25) is 0 Å². The van der Waals surface area contributed by atoms with Gasteiger partial charge in [-0.25, -0.2) is 0 Å². The minimum atomic E-state index is -0.0623. The first-order chi connectivity index (χ1) is 7.88. The maximum atomic E-state index is 5.79. The second kappa shape index (κ2) is 5.71. The van der Waals surface area contributed by atoms with Crippen molar-refractivity contribution in [1.29, 1.82) is 0 Å². The average Bonchev–Trinajstić information content (AvgIpc) is 2.31. The van der Waals surface area contributed by atoms with Crippen LogP contribution in [0.5, 0.6) is 5.75 Å². The van der Waals surface area contributed by atoms with Gasteiger partial charge in [-0.2, -0.15) is 0 Å². The molecular weight excluding hydrogens is 200 g/mol. The van der Waals surface area contributed by atoms with Gasteiger partial charge < -0.3 is 9.47 Å². The lowest BCUT2D eigenvalue weighted by molar-refractivity contribution is -0.105. The molecule has 0 aliphatic carbocycles. The monoisotopic (exact) mass is 218 g/mol. The number of benzene rings is 1. The van der Waals surface area contributed by atoms with Gasteiger partial charge in [-0.15, -0.1) is 6.58 Å². The van der Waals surface area contributed by atoms with Crippen molar-refractivity contribution in [2.45, 2.75) is 32.0 Å². The van der Waals surface area contributed by atoms with E-state index in [1.54, 1.807) is 0 Å². The first-order valence-corrected chi connectivity index (χ1v) is 5.86. The molecule has 2 rings (SSSR count). The Morgan fingerprint density at radius 3 is 3.12 bits per heavy atom. The van der Waals surface area contributed by atoms with Crippen molar-refractivity contribution in [3.05, 3.63) is 42.5 Å². The molecule has 0 radical (unpaired) electrons. The van der Waals surface area contributed by atoms with E-state index in [-0.39, 0.29) is 6.29 Å². The summed E-state index contributed by atoms with van der Waals surface area (Å²) in [5.41, 5.74) is 1.23. The summed E-state index contributed by atoms with van der Waals surface area (Å²) in [6.07, 6.45) is 6.05. The number of allylic oxidation sites excluding steroid dienone is 1. The highest BCUT2D eigenvalue weighted by atomic mass is 16.7. The van der Waals surface area contributed by atoms with Crippen molar-refractivity contribution in [2.75, 3.05) is 6.61 Å². The smallest absolute Gasteiger partial charge is 0.199 e. The fourth-order valence-electron chi connectivity index (χ4n) is 1.87. The predicted octanol–water partition coefficient (Wildman–Crippen LogP) is 3.32. The molecule has 2 nitrogen and oxygen atoms in total. The number of hydrogen-bond donors (Lipinski definition) is 0. The summed E-state index contributed by atoms with van der Waals surface area (Å²) in [4.78, 5) is 0. The molecule has 0 bridgehead atoms. The van der Waals surface area contributed by atoms with E-state index in [2.05, 4.69) is 18.7 Å². The zero-order valence-electron chi connectivity index (χ0n) is 9.52. The van der Waals surface area contributed by atoms with Gasteiger partial charge >= 0.3 is 0 Å². The van der Waals surface area contributed by atoms with E-state index >= 15 is 0 Å². The molecule has 0 N–H and O–H groups in total. The van der Waals surface area contributed by atoms with Crippen molar-refractivity contribution in [1.82, 2.24) is 0 Å². The van der Waals surface area contributed by atoms with E-state index < -0.39 is 0 Å². The van der Waals surface area contributed by atoms with Crippen LogP contribution in [0.25, 0.3) is 0 Å². The predicted molar refractivity (Wildman–Crippen MR) is 64.6 cm³/mol. The molecular formula is C14H18O2. The second-order valence-electron chi connectivity index (χ2n) is 4.05. The molecule has 2 heteroatoms. The minimum Gasteiger partial charge on any atom is -0.465 e. The Morgan fingerprint density at radius 2 is 2.38 bits per heavy atom. The first-order valence-electron chi connectivity index (χ1n) is 5.86.